The maximum Gasteiger partial charge on any atom is 0.315 e. The van der Waals surface area contributed by atoms with Gasteiger partial charge in [-0.05, 0) is 45.1 Å². The van der Waals surface area contributed by atoms with E-state index in [1.54, 1.807) is 0 Å². The first-order valence-corrected chi connectivity index (χ1v) is 9.47. The van der Waals surface area contributed by atoms with Crippen LogP contribution in [0.25, 0.3) is 0 Å². The highest BCUT2D eigenvalue weighted by Gasteiger charge is 2.15. The quantitative estimate of drug-likeness (QED) is 0.713. The molecule has 2 rings (SSSR count). The third-order valence-corrected chi connectivity index (χ3v) is 4.40. The third kappa shape index (κ3) is 6.57. The number of pyridine rings is 1. The number of hydrogen-bond donors (Lipinski definition) is 2. The summed E-state index contributed by atoms with van der Waals surface area (Å²) in [5.74, 6) is 0.961. The predicted molar refractivity (Wildman–Crippen MR) is 111 cm³/mol. The van der Waals surface area contributed by atoms with Crippen LogP contribution >= 0.6 is 0 Å². The standard InChI is InChI=1S/C21H31N5O/c1-5-26(6-2)20-13-12-17(14-22-20)15-23-21(27)24-19(16-25(3)4)18-10-8-7-9-11-18/h7-14,19H,5-6,15-16H2,1-4H3,(H2,23,24,27). The number of rotatable bonds is 9. The monoisotopic (exact) mass is 369 g/mol. The Morgan fingerprint density at radius 2 is 1.78 bits per heavy atom. The van der Waals surface area contributed by atoms with E-state index in [4.69, 9.17) is 0 Å². The highest BCUT2D eigenvalue weighted by atomic mass is 16.2. The topological polar surface area (TPSA) is 60.5 Å². The Balaban J connectivity index is 1.92. The van der Waals surface area contributed by atoms with Crippen molar-refractivity contribution in [2.45, 2.75) is 26.4 Å². The Bertz CT molecular complexity index is 683. The molecule has 1 unspecified atom stereocenters. The second-order valence-corrected chi connectivity index (χ2v) is 6.75. The van der Waals surface area contributed by atoms with Gasteiger partial charge in [-0.1, -0.05) is 36.4 Å². The summed E-state index contributed by atoms with van der Waals surface area (Å²) in [6.45, 7) is 7.26. The zero-order chi connectivity index (χ0) is 19.6. The number of likely N-dealkylation sites (N-methyl/N-ethyl adjacent to an activating group) is 1. The fraction of sp³-hybridized carbons (Fsp3) is 0.429. The number of carbonyl (C=O) groups excluding carboxylic acids is 1. The summed E-state index contributed by atoms with van der Waals surface area (Å²) in [6.07, 6.45) is 1.82. The van der Waals surface area contributed by atoms with E-state index in [2.05, 4.69) is 39.3 Å². The zero-order valence-electron chi connectivity index (χ0n) is 16.8. The lowest BCUT2D eigenvalue weighted by Crippen LogP contribution is -2.41. The minimum atomic E-state index is -0.182. The summed E-state index contributed by atoms with van der Waals surface area (Å²) in [7, 11) is 4.00. The van der Waals surface area contributed by atoms with Crippen LogP contribution < -0.4 is 15.5 Å². The van der Waals surface area contributed by atoms with E-state index in [1.807, 2.05) is 62.8 Å². The van der Waals surface area contributed by atoms with Crippen LogP contribution in [0.1, 0.15) is 31.0 Å². The Morgan fingerprint density at radius 1 is 1.07 bits per heavy atom. The van der Waals surface area contributed by atoms with Gasteiger partial charge in [-0.2, -0.15) is 0 Å². The Labute approximate surface area is 162 Å². The summed E-state index contributed by atoms with van der Waals surface area (Å²) >= 11 is 0. The lowest BCUT2D eigenvalue weighted by Gasteiger charge is -2.23. The number of hydrogen-bond acceptors (Lipinski definition) is 4. The maximum atomic E-state index is 12.4. The number of nitrogens with zero attached hydrogens (tertiary/aromatic N) is 3. The first-order valence-electron chi connectivity index (χ1n) is 9.47. The number of amides is 2. The van der Waals surface area contributed by atoms with Crippen molar-refractivity contribution < 1.29 is 4.79 Å². The highest BCUT2D eigenvalue weighted by molar-refractivity contribution is 5.74. The molecule has 0 saturated heterocycles. The van der Waals surface area contributed by atoms with E-state index in [0.29, 0.717) is 6.54 Å². The number of nitrogens with one attached hydrogen (secondary N) is 2. The first kappa shape index (κ1) is 20.7. The van der Waals surface area contributed by atoms with Crippen molar-refractivity contribution in [3.05, 3.63) is 59.8 Å². The molecule has 1 heterocycles. The summed E-state index contributed by atoms with van der Waals surface area (Å²) < 4.78 is 0. The fourth-order valence-corrected chi connectivity index (χ4v) is 2.93. The number of carbonyl (C=O) groups is 1. The van der Waals surface area contributed by atoms with Crippen LogP contribution in [0, 0.1) is 0 Å². The molecule has 6 nitrogen and oxygen atoms in total. The van der Waals surface area contributed by atoms with Crippen LogP contribution in [0.4, 0.5) is 10.6 Å². The minimum absolute atomic E-state index is 0.0654. The second kappa shape index (κ2) is 10.5. The molecule has 2 amide bonds. The molecule has 0 fully saturated rings. The SMILES string of the molecule is CCN(CC)c1ccc(CNC(=O)NC(CN(C)C)c2ccccc2)cn1. The summed E-state index contributed by atoms with van der Waals surface area (Å²) in [4.78, 5) is 21.1. The zero-order valence-corrected chi connectivity index (χ0v) is 16.8. The normalized spacial score (nSPS) is 11.9. The molecule has 1 atom stereocenters. The van der Waals surface area contributed by atoms with Gasteiger partial charge in [-0.25, -0.2) is 9.78 Å². The summed E-state index contributed by atoms with van der Waals surface area (Å²) in [5.41, 5.74) is 2.07. The van der Waals surface area contributed by atoms with E-state index in [1.165, 1.54) is 0 Å². The smallest absolute Gasteiger partial charge is 0.315 e. The van der Waals surface area contributed by atoms with E-state index >= 15 is 0 Å². The molecular weight excluding hydrogens is 338 g/mol. The van der Waals surface area contributed by atoms with Gasteiger partial charge in [0.2, 0.25) is 0 Å². The van der Waals surface area contributed by atoms with Gasteiger partial charge >= 0.3 is 6.03 Å². The highest BCUT2D eigenvalue weighted by Crippen LogP contribution is 2.13. The lowest BCUT2D eigenvalue weighted by molar-refractivity contribution is 0.232. The molecule has 0 aliphatic carbocycles. The van der Waals surface area contributed by atoms with Crippen LogP contribution in [0.3, 0.4) is 0 Å². The van der Waals surface area contributed by atoms with Crippen LogP contribution in [0.15, 0.2) is 48.7 Å². The number of aromatic nitrogens is 1. The molecule has 1 aromatic heterocycles. The summed E-state index contributed by atoms with van der Waals surface area (Å²) in [6, 6.07) is 13.8. The molecular formula is C21H31N5O. The molecule has 0 spiro atoms. The molecule has 0 aliphatic heterocycles. The van der Waals surface area contributed by atoms with E-state index in [-0.39, 0.29) is 12.1 Å². The first-order chi connectivity index (χ1) is 13.0. The fourth-order valence-electron chi connectivity index (χ4n) is 2.93. The van der Waals surface area contributed by atoms with Gasteiger partial charge < -0.3 is 20.4 Å². The van der Waals surface area contributed by atoms with Crippen molar-refractivity contribution in [2.24, 2.45) is 0 Å². The van der Waals surface area contributed by atoms with Gasteiger partial charge in [0.15, 0.2) is 0 Å². The molecule has 2 aromatic rings. The van der Waals surface area contributed by atoms with Gasteiger partial charge in [-0.15, -0.1) is 0 Å². The average Bonchev–Trinajstić information content (AvgIpc) is 2.68. The van der Waals surface area contributed by atoms with E-state index in [0.717, 1.165) is 36.6 Å². The van der Waals surface area contributed by atoms with Crippen LogP contribution in [0.2, 0.25) is 0 Å². The molecule has 0 bridgehead atoms. The molecule has 2 N–H and O–H groups in total. The molecule has 146 valence electrons. The number of benzene rings is 1. The minimum Gasteiger partial charge on any atom is -0.357 e. The van der Waals surface area contributed by atoms with Crippen molar-refractivity contribution in [3.63, 3.8) is 0 Å². The van der Waals surface area contributed by atoms with E-state index in [9.17, 15) is 4.79 Å². The van der Waals surface area contributed by atoms with Gasteiger partial charge in [-0.3, -0.25) is 0 Å². The Morgan fingerprint density at radius 3 is 2.33 bits per heavy atom. The summed E-state index contributed by atoms with van der Waals surface area (Å²) in [5, 5.41) is 5.99. The maximum absolute atomic E-state index is 12.4. The molecule has 0 saturated carbocycles. The van der Waals surface area contributed by atoms with E-state index < -0.39 is 0 Å². The molecule has 1 aromatic carbocycles. The van der Waals surface area contributed by atoms with Gasteiger partial charge in [0.25, 0.3) is 0 Å². The number of urea groups is 1. The van der Waals surface area contributed by atoms with Gasteiger partial charge in [0.05, 0.1) is 6.04 Å². The van der Waals surface area contributed by atoms with Crippen molar-refractivity contribution in [1.29, 1.82) is 0 Å². The number of anilines is 1. The largest absolute Gasteiger partial charge is 0.357 e. The van der Waals surface area contributed by atoms with Crippen LogP contribution in [-0.4, -0.2) is 49.6 Å². The predicted octanol–water partition coefficient (Wildman–Crippen LogP) is 3.03. The van der Waals surface area contributed by atoms with Crippen molar-refractivity contribution in [1.82, 2.24) is 20.5 Å². The van der Waals surface area contributed by atoms with Crippen LogP contribution in [-0.2, 0) is 6.54 Å². The van der Waals surface area contributed by atoms with Crippen LogP contribution in [0.5, 0.6) is 0 Å². The Hall–Kier alpha value is -2.60. The Kier molecular flexibility index (Phi) is 8.07. The van der Waals surface area contributed by atoms with Crippen molar-refractivity contribution in [2.75, 3.05) is 38.6 Å². The molecule has 6 heteroatoms. The molecule has 0 radical (unpaired) electrons. The van der Waals surface area contributed by atoms with Crippen molar-refractivity contribution in [3.8, 4) is 0 Å². The molecule has 0 aliphatic rings. The lowest BCUT2D eigenvalue weighted by atomic mass is 10.1. The van der Waals surface area contributed by atoms with Gasteiger partial charge in [0, 0.05) is 32.4 Å². The third-order valence-electron chi connectivity index (χ3n) is 4.40. The van der Waals surface area contributed by atoms with Gasteiger partial charge in [0.1, 0.15) is 5.82 Å². The second-order valence-electron chi connectivity index (χ2n) is 6.75. The average molecular weight is 370 g/mol. The van der Waals surface area contributed by atoms with Crippen molar-refractivity contribution >= 4 is 11.8 Å². The molecule has 27 heavy (non-hydrogen) atoms.